The van der Waals surface area contributed by atoms with Gasteiger partial charge in [-0.25, -0.2) is 0 Å². The predicted octanol–water partition coefficient (Wildman–Crippen LogP) is 3.39. The smallest absolute Gasteiger partial charge is 0.303 e. The average Bonchev–Trinajstić information content (AvgIpc) is 2.95. The standard InChI is InChI=1S/C30H38IN3O7/c31-19-23(22-6-2-1-3-7-22)8-4-5-20-9-11-21(12-10-20)13-16-26(35)33-25(15-18-28(38)39)30(41)34-24(29(32)40)14-17-27(36)37/h1-3,6-7,9-12,19,24-25,30,34,41H,4-5,8,13-18H2,(H2,32,40)(H,33,35)(H,36,37)(H,38,39)/b23-19+/t24?,25-,30?/m0/s1. The van der Waals surface area contributed by atoms with Gasteiger partial charge in [-0.1, -0.05) is 77.2 Å². The van der Waals surface area contributed by atoms with Crippen LogP contribution in [-0.4, -0.2) is 57.4 Å². The maximum Gasteiger partial charge on any atom is 0.303 e. The molecule has 2 unspecified atom stereocenters. The number of benzene rings is 2. The van der Waals surface area contributed by atoms with Gasteiger partial charge in [0.25, 0.3) is 0 Å². The second-order valence-corrected chi connectivity index (χ2v) is 10.4. The molecule has 0 bridgehead atoms. The van der Waals surface area contributed by atoms with Gasteiger partial charge >= 0.3 is 11.9 Å². The van der Waals surface area contributed by atoms with Crippen molar-refractivity contribution in [3.8, 4) is 0 Å². The lowest BCUT2D eigenvalue weighted by Crippen LogP contribution is -2.55. The molecule has 0 radical (unpaired) electrons. The maximum atomic E-state index is 12.7. The predicted molar refractivity (Wildman–Crippen MR) is 164 cm³/mol. The molecular weight excluding hydrogens is 641 g/mol. The lowest BCUT2D eigenvalue weighted by molar-refractivity contribution is -0.139. The van der Waals surface area contributed by atoms with E-state index in [-0.39, 0.29) is 32.1 Å². The summed E-state index contributed by atoms with van der Waals surface area (Å²) >= 11 is 2.28. The zero-order chi connectivity index (χ0) is 30.2. The molecule has 2 aromatic carbocycles. The Morgan fingerprint density at radius 1 is 0.829 bits per heavy atom. The first-order chi connectivity index (χ1) is 19.6. The highest BCUT2D eigenvalue weighted by Gasteiger charge is 2.27. The molecule has 3 atom stereocenters. The van der Waals surface area contributed by atoms with E-state index < -0.39 is 42.1 Å². The minimum absolute atomic E-state index is 0.104. The fourth-order valence-corrected chi connectivity index (χ4v) is 4.96. The number of aryl methyl sites for hydroxylation is 2. The molecule has 2 rings (SSSR count). The Bertz CT molecular complexity index is 1170. The SMILES string of the molecule is NC(=O)C(CCC(=O)O)NC(O)[C@H](CCC(=O)O)NC(=O)CCc1ccc(CCC/C(=C\I)c2ccccc2)cc1. The van der Waals surface area contributed by atoms with Crippen molar-refractivity contribution in [3.63, 3.8) is 0 Å². The summed E-state index contributed by atoms with van der Waals surface area (Å²) < 4.78 is 2.12. The summed E-state index contributed by atoms with van der Waals surface area (Å²) in [7, 11) is 0. The van der Waals surface area contributed by atoms with Gasteiger partial charge in [0.15, 0.2) is 0 Å². The Hall–Kier alpha value is -3.29. The van der Waals surface area contributed by atoms with Crippen LogP contribution in [0.2, 0.25) is 0 Å². The molecule has 0 fully saturated rings. The lowest BCUT2D eigenvalue weighted by atomic mass is 9.99. The van der Waals surface area contributed by atoms with Crippen LogP contribution in [-0.2, 0) is 32.0 Å². The summed E-state index contributed by atoms with van der Waals surface area (Å²) in [5.74, 6) is -3.52. The first-order valence-electron chi connectivity index (χ1n) is 13.5. The Morgan fingerprint density at radius 3 is 1.98 bits per heavy atom. The van der Waals surface area contributed by atoms with E-state index in [4.69, 9.17) is 15.9 Å². The third-order valence-corrected chi connectivity index (χ3v) is 7.36. The number of primary amides is 1. The molecule has 2 amide bonds. The van der Waals surface area contributed by atoms with Crippen LogP contribution in [0.25, 0.3) is 5.57 Å². The summed E-state index contributed by atoms with van der Waals surface area (Å²) in [4.78, 5) is 46.3. The molecule has 0 aliphatic heterocycles. The number of rotatable bonds is 19. The van der Waals surface area contributed by atoms with Crippen LogP contribution < -0.4 is 16.4 Å². The Balaban J connectivity index is 1.87. The molecule has 10 nitrogen and oxygen atoms in total. The maximum absolute atomic E-state index is 12.7. The van der Waals surface area contributed by atoms with Crippen LogP contribution in [0.4, 0.5) is 0 Å². The first-order valence-corrected chi connectivity index (χ1v) is 14.7. The second kappa shape index (κ2) is 18.2. The minimum atomic E-state index is -1.51. The largest absolute Gasteiger partial charge is 0.481 e. The monoisotopic (exact) mass is 679 g/mol. The molecule has 7 N–H and O–H groups in total. The number of carboxylic acid groups (broad SMARTS) is 2. The number of hydrogen-bond acceptors (Lipinski definition) is 6. The summed E-state index contributed by atoms with van der Waals surface area (Å²) in [5, 5.41) is 33.7. The highest BCUT2D eigenvalue weighted by atomic mass is 127. The molecule has 0 saturated heterocycles. The van der Waals surface area contributed by atoms with E-state index in [0.29, 0.717) is 6.42 Å². The van der Waals surface area contributed by atoms with Gasteiger partial charge in [0.1, 0.15) is 6.23 Å². The number of aliphatic hydroxyl groups is 1. The number of aliphatic hydroxyl groups excluding tert-OH is 1. The van der Waals surface area contributed by atoms with Crippen molar-refractivity contribution in [1.29, 1.82) is 0 Å². The van der Waals surface area contributed by atoms with E-state index in [1.807, 2.05) is 42.5 Å². The number of allylic oxidation sites excluding steroid dienone is 1. The van der Waals surface area contributed by atoms with E-state index in [2.05, 4.69) is 49.4 Å². The van der Waals surface area contributed by atoms with Gasteiger partial charge in [-0.05, 0) is 64.9 Å². The fourth-order valence-electron chi connectivity index (χ4n) is 4.29. The van der Waals surface area contributed by atoms with Crippen molar-refractivity contribution in [1.82, 2.24) is 10.6 Å². The van der Waals surface area contributed by atoms with Crippen LogP contribution in [0.15, 0.2) is 58.7 Å². The number of nitrogens with two attached hydrogens (primary N) is 1. The highest BCUT2D eigenvalue weighted by Crippen LogP contribution is 2.22. The Morgan fingerprint density at radius 2 is 1.41 bits per heavy atom. The van der Waals surface area contributed by atoms with Gasteiger partial charge in [0.05, 0.1) is 12.1 Å². The van der Waals surface area contributed by atoms with Gasteiger partial charge in [0.2, 0.25) is 11.8 Å². The molecule has 0 aromatic heterocycles. The summed E-state index contributed by atoms with van der Waals surface area (Å²) in [5.41, 5.74) is 10.0. The van der Waals surface area contributed by atoms with E-state index in [1.54, 1.807) is 0 Å². The van der Waals surface area contributed by atoms with E-state index in [1.165, 1.54) is 16.7 Å². The number of carbonyl (C=O) groups is 4. The molecule has 222 valence electrons. The lowest BCUT2D eigenvalue weighted by Gasteiger charge is -2.27. The molecule has 11 heteroatoms. The number of carbonyl (C=O) groups excluding carboxylic acids is 2. The van der Waals surface area contributed by atoms with Crippen molar-refractivity contribution >= 4 is 51.9 Å². The van der Waals surface area contributed by atoms with Crippen LogP contribution in [0.1, 0.15) is 61.6 Å². The molecule has 2 aromatic rings. The Labute approximate surface area is 253 Å². The highest BCUT2D eigenvalue weighted by molar-refractivity contribution is 14.1. The fraction of sp³-hybridized carbons (Fsp3) is 0.400. The number of nitrogens with one attached hydrogen (secondary N) is 2. The topological polar surface area (TPSA) is 179 Å². The zero-order valence-corrected chi connectivity index (χ0v) is 25.0. The third kappa shape index (κ3) is 13.3. The summed E-state index contributed by atoms with van der Waals surface area (Å²) in [6.45, 7) is 0. The molecule has 0 aliphatic rings. The number of carboxylic acids is 2. The number of amides is 2. The van der Waals surface area contributed by atoms with Crippen molar-refractivity contribution in [2.24, 2.45) is 5.73 Å². The molecule has 0 spiro atoms. The Kier molecular flexibility index (Phi) is 15.1. The molecule has 0 heterocycles. The van der Waals surface area contributed by atoms with Gasteiger partial charge < -0.3 is 26.4 Å². The van der Waals surface area contributed by atoms with E-state index in [9.17, 15) is 24.3 Å². The molecule has 0 aliphatic carbocycles. The van der Waals surface area contributed by atoms with Gasteiger partial charge in [0, 0.05) is 19.3 Å². The minimum Gasteiger partial charge on any atom is -0.481 e. The van der Waals surface area contributed by atoms with Crippen molar-refractivity contribution in [2.45, 2.75) is 76.1 Å². The second-order valence-electron chi connectivity index (χ2n) is 9.78. The molecule has 41 heavy (non-hydrogen) atoms. The summed E-state index contributed by atoms with van der Waals surface area (Å²) in [6, 6.07) is 16.2. The van der Waals surface area contributed by atoms with Gasteiger partial charge in [-0.2, -0.15) is 0 Å². The van der Waals surface area contributed by atoms with Crippen molar-refractivity contribution in [2.75, 3.05) is 0 Å². The van der Waals surface area contributed by atoms with Gasteiger partial charge in [-0.15, -0.1) is 0 Å². The van der Waals surface area contributed by atoms with Gasteiger partial charge in [-0.3, -0.25) is 24.5 Å². The number of hydrogen-bond donors (Lipinski definition) is 6. The van der Waals surface area contributed by atoms with E-state index in [0.717, 1.165) is 24.8 Å². The molecule has 0 saturated carbocycles. The quantitative estimate of drug-likeness (QED) is 0.0967. The number of aliphatic carboxylic acids is 2. The number of halogens is 1. The van der Waals surface area contributed by atoms with Crippen LogP contribution in [0.3, 0.4) is 0 Å². The first kappa shape index (κ1) is 33.9. The van der Waals surface area contributed by atoms with Crippen molar-refractivity contribution < 1.29 is 34.5 Å². The summed E-state index contributed by atoms with van der Waals surface area (Å²) in [6.07, 6.45) is 0.988. The van der Waals surface area contributed by atoms with Crippen LogP contribution >= 0.6 is 22.6 Å². The van der Waals surface area contributed by atoms with Crippen LogP contribution in [0, 0.1) is 0 Å². The van der Waals surface area contributed by atoms with E-state index >= 15 is 0 Å². The molecular formula is C30H38IN3O7. The van der Waals surface area contributed by atoms with Crippen LogP contribution in [0.5, 0.6) is 0 Å². The normalized spacial score (nSPS) is 13.7. The average molecular weight is 680 g/mol. The third-order valence-electron chi connectivity index (χ3n) is 6.61. The zero-order valence-electron chi connectivity index (χ0n) is 22.8. The van der Waals surface area contributed by atoms with Crippen molar-refractivity contribution in [3.05, 3.63) is 75.4 Å².